The van der Waals surface area contributed by atoms with Crippen LogP contribution in [0.4, 0.5) is 5.69 Å². The van der Waals surface area contributed by atoms with Crippen LogP contribution in [0.15, 0.2) is 24.3 Å². The summed E-state index contributed by atoms with van der Waals surface area (Å²) in [5.74, 6) is -1.23. The van der Waals surface area contributed by atoms with Crippen molar-refractivity contribution in [2.24, 2.45) is 5.92 Å². The van der Waals surface area contributed by atoms with Crippen LogP contribution in [-0.4, -0.2) is 17.6 Å². The number of hydrogen-bond donors (Lipinski definition) is 2. The maximum absolute atomic E-state index is 10.6. The number of carboxylic acid groups (broad SMARTS) is 1. The zero-order chi connectivity index (χ0) is 12.0. The van der Waals surface area contributed by atoms with Gasteiger partial charge in [0, 0.05) is 12.2 Å². The molecule has 0 amide bonds. The normalized spacial score (nSPS) is 11.5. The molecule has 0 aliphatic heterocycles. The maximum Gasteiger partial charge on any atom is 0.308 e. The quantitative estimate of drug-likeness (QED) is 0.791. The van der Waals surface area contributed by atoms with Crippen molar-refractivity contribution < 1.29 is 9.90 Å². The summed E-state index contributed by atoms with van der Waals surface area (Å²) in [5.41, 5.74) is 1.83. The van der Waals surface area contributed by atoms with Gasteiger partial charge >= 0.3 is 5.97 Å². The summed E-state index contributed by atoms with van der Waals surface area (Å²) in [7, 11) is 0. The van der Waals surface area contributed by atoms with Crippen molar-refractivity contribution >= 4 is 11.7 Å². The van der Waals surface area contributed by atoms with E-state index in [4.69, 9.17) is 10.4 Å². The average molecular weight is 218 g/mol. The first kappa shape index (κ1) is 12.1. The molecule has 0 aliphatic carbocycles. The van der Waals surface area contributed by atoms with Gasteiger partial charge < -0.3 is 10.4 Å². The smallest absolute Gasteiger partial charge is 0.308 e. The van der Waals surface area contributed by atoms with Crippen LogP contribution in [0.2, 0.25) is 0 Å². The van der Waals surface area contributed by atoms with Crippen LogP contribution < -0.4 is 5.32 Å². The van der Waals surface area contributed by atoms with Crippen molar-refractivity contribution in [3.8, 4) is 6.07 Å². The Kier molecular flexibility index (Phi) is 4.34. The Bertz CT molecular complexity index is 392. The van der Waals surface area contributed by atoms with Crippen LogP contribution in [0.5, 0.6) is 0 Å². The molecule has 0 saturated heterocycles. The van der Waals surface area contributed by atoms with Crippen LogP contribution in [0, 0.1) is 17.2 Å². The highest BCUT2D eigenvalue weighted by atomic mass is 16.4. The molecule has 84 valence electrons. The van der Waals surface area contributed by atoms with Gasteiger partial charge in [-0.25, -0.2) is 0 Å². The summed E-state index contributed by atoms with van der Waals surface area (Å²) in [4.78, 5) is 10.6. The fourth-order valence-electron chi connectivity index (χ4n) is 1.19. The lowest BCUT2D eigenvalue weighted by atomic mass is 10.1. The average Bonchev–Trinajstić information content (AvgIpc) is 2.28. The second-order valence-corrected chi connectivity index (χ2v) is 3.65. The molecule has 0 aliphatic rings. The van der Waals surface area contributed by atoms with E-state index >= 15 is 0 Å². The van der Waals surface area contributed by atoms with Crippen molar-refractivity contribution in [2.75, 3.05) is 11.9 Å². The van der Waals surface area contributed by atoms with E-state index in [1.54, 1.807) is 6.92 Å². The van der Waals surface area contributed by atoms with Gasteiger partial charge in [-0.15, -0.1) is 0 Å². The highest BCUT2D eigenvalue weighted by Gasteiger charge is 2.09. The molecule has 1 aromatic carbocycles. The van der Waals surface area contributed by atoms with Gasteiger partial charge in [0.1, 0.15) is 0 Å². The molecule has 1 unspecified atom stereocenters. The molecule has 0 saturated carbocycles. The maximum atomic E-state index is 10.6. The van der Waals surface area contributed by atoms with E-state index in [9.17, 15) is 4.79 Å². The number of nitrogens with one attached hydrogen (secondary N) is 1. The summed E-state index contributed by atoms with van der Waals surface area (Å²) in [6.45, 7) is 2.05. The lowest BCUT2D eigenvalue weighted by molar-refractivity contribution is -0.140. The first-order valence-electron chi connectivity index (χ1n) is 5.06. The van der Waals surface area contributed by atoms with Crippen molar-refractivity contribution in [3.05, 3.63) is 29.8 Å². The minimum atomic E-state index is -0.811. The van der Waals surface area contributed by atoms with Crippen molar-refractivity contribution in [3.63, 3.8) is 0 Å². The topological polar surface area (TPSA) is 73.1 Å². The summed E-state index contributed by atoms with van der Waals surface area (Å²) in [6.07, 6.45) is 0.395. The number of aliphatic carboxylic acids is 1. The molecule has 1 aromatic rings. The Morgan fingerprint density at radius 3 is 2.62 bits per heavy atom. The number of hydrogen-bond acceptors (Lipinski definition) is 3. The van der Waals surface area contributed by atoms with E-state index in [0.29, 0.717) is 13.0 Å². The Labute approximate surface area is 94.5 Å². The van der Waals surface area contributed by atoms with E-state index in [-0.39, 0.29) is 0 Å². The Morgan fingerprint density at radius 1 is 1.50 bits per heavy atom. The molecule has 2 N–H and O–H groups in total. The summed E-state index contributed by atoms with van der Waals surface area (Å²) in [6, 6.07) is 9.48. The van der Waals surface area contributed by atoms with Gasteiger partial charge in [-0.1, -0.05) is 19.1 Å². The molecule has 4 nitrogen and oxygen atoms in total. The molecule has 0 radical (unpaired) electrons. The van der Waals surface area contributed by atoms with Crippen LogP contribution in [0.3, 0.4) is 0 Å². The number of nitriles is 1. The minimum Gasteiger partial charge on any atom is -0.481 e. The highest BCUT2D eigenvalue weighted by molar-refractivity contribution is 5.70. The van der Waals surface area contributed by atoms with Crippen molar-refractivity contribution in [1.82, 2.24) is 0 Å². The van der Waals surface area contributed by atoms with Gasteiger partial charge in [0.25, 0.3) is 0 Å². The predicted molar refractivity (Wildman–Crippen MR) is 61.0 cm³/mol. The first-order chi connectivity index (χ1) is 7.63. The fraction of sp³-hybridized carbons (Fsp3) is 0.333. The monoisotopic (exact) mass is 218 g/mol. The van der Waals surface area contributed by atoms with Crippen LogP contribution in [-0.2, 0) is 11.2 Å². The number of carbonyl (C=O) groups is 1. The number of rotatable bonds is 5. The summed E-state index contributed by atoms with van der Waals surface area (Å²) in [5, 5.41) is 20.2. The molecule has 0 bridgehead atoms. The van der Waals surface area contributed by atoms with Crippen LogP contribution in [0.25, 0.3) is 0 Å². The molecule has 0 heterocycles. The lowest BCUT2D eigenvalue weighted by Gasteiger charge is -2.09. The summed E-state index contributed by atoms with van der Waals surface area (Å²) >= 11 is 0. The standard InChI is InChI=1S/C12H14N2O2/c1-9(12(15)16)8-14-11-4-2-10(3-5-11)6-7-13/h2-5,9,14H,6,8H2,1H3,(H,15,16). The SMILES string of the molecule is CC(CNc1ccc(CC#N)cc1)C(=O)O. The highest BCUT2D eigenvalue weighted by Crippen LogP contribution is 2.10. The van der Waals surface area contributed by atoms with Gasteiger partial charge in [0.05, 0.1) is 18.4 Å². The van der Waals surface area contributed by atoms with E-state index in [2.05, 4.69) is 11.4 Å². The molecule has 0 fully saturated rings. The number of carboxylic acids is 1. The van der Waals surface area contributed by atoms with Crippen LogP contribution in [0.1, 0.15) is 12.5 Å². The molecular weight excluding hydrogens is 204 g/mol. The van der Waals surface area contributed by atoms with Crippen molar-refractivity contribution in [2.45, 2.75) is 13.3 Å². The molecule has 0 spiro atoms. The molecule has 4 heteroatoms. The third-order valence-electron chi connectivity index (χ3n) is 2.27. The third-order valence-corrected chi connectivity index (χ3v) is 2.27. The lowest BCUT2D eigenvalue weighted by Crippen LogP contribution is -2.19. The van der Waals surface area contributed by atoms with E-state index in [1.165, 1.54) is 0 Å². The Hall–Kier alpha value is -2.02. The number of benzene rings is 1. The van der Waals surface area contributed by atoms with Gasteiger partial charge in [0.2, 0.25) is 0 Å². The largest absolute Gasteiger partial charge is 0.481 e. The van der Waals surface area contributed by atoms with Gasteiger partial charge in [-0.3, -0.25) is 4.79 Å². The zero-order valence-electron chi connectivity index (χ0n) is 9.10. The van der Waals surface area contributed by atoms with Crippen molar-refractivity contribution in [1.29, 1.82) is 5.26 Å². The number of nitrogens with zero attached hydrogens (tertiary/aromatic N) is 1. The third kappa shape index (κ3) is 3.62. The molecular formula is C12H14N2O2. The second kappa shape index (κ2) is 5.76. The van der Waals surface area contributed by atoms with E-state index in [0.717, 1.165) is 11.3 Å². The van der Waals surface area contributed by atoms with Crippen LogP contribution >= 0.6 is 0 Å². The number of anilines is 1. The second-order valence-electron chi connectivity index (χ2n) is 3.65. The zero-order valence-corrected chi connectivity index (χ0v) is 9.10. The summed E-state index contributed by atoms with van der Waals surface area (Å²) < 4.78 is 0. The van der Waals surface area contributed by atoms with Gasteiger partial charge in [-0.05, 0) is 17.7 Å². The molecule has 1 atom stereocenters. The van der Waals surface area contributed by atoms with E-state index in [1.807, 2.05) is 24.3 Å². The Balaban J connectivity index is 2.50. The Morgan fingerprint density at radius 2 is 2.12 bits per heavy atom. The van der Waals surface area contributed by atoms with Gasteiger partial charge in [-0.2, -0.15) is 5.26 Å². The van der Waals surface area contributed by atoms with E-state index < -0.39 is 11.9 Å². The predicted octanol–water partition coefficient (Wildman–Crippen LogP) is 1.89. The minimum absolute atomic E-state index is 0.395. The first-order valence-corrected chi connectivity index (χ1v) is 5.06. The molecule has 0 aromatic heterocycles. The fourth-order valence-corrected chi connectivity index (χ4v) is 1.19. The molecule has 1 rings (SSSR count). The van der Waals surface area contributed by atoms with Gasteiger partial charge in [0.15, 0.2) is 0 Å². The molecule has 16 heavy (non-hydrogen) atoms.